The summed E-state index contributed by atoms with van der Waals surface area (Å²) in [5.41, 5.74) is 1.98. The average molecular weight is 219 g/mol. The summed E-state index contributed by atoms with van der Waals surface area (Å²) >= 11 is 0. The highest BCUT2D eigenvalue weighted by atomic mass is 19.1. The molecule has 0 bridgehead atoms. The molecule has 0 atom stereocenters. The van der Waals surface area contributed by atoms with Crippen LogP contribution in [0.25, 0.3) is 0 Å². The van der Waals surface area contributed by atoms with Crippen LogP contribution in [0.4, 0.5) is 4.39 Å². The average Bonchev–Trinajstić information content (AvgIpc) is 2.64. The number of nitrogens with zero attached hydrogens (tertiary/aromatic N) is 1. The zero-order chi connectivity index (χ0) is 11.4. The molecule has 0 aliphatic rings. The van der Waals surface area contributed by atoms with E-state index in [4.69, 9.17) is 0 Å². The van der Waals surface area contributed by atoms with Crippen molar-refractivity contribution >= 4 is 0 Å². The van der Waals surface area contributed by atoms with E-state index in [9.17, 15) is 4.39 Å². The van der Waals surface area contributed by atoms with Gasteiger partial charge in [-0.3, -0.25) is 0 Å². The third kappa shape index (κ3) is 2.90. The summed E-state index contributed by atoms with van der Waals surface area (Å²) < 4.78 is 12.9. The Balaban J connectivity index is 1.84. The van der Waals surface area contributed by atoms with Crippen molar-refractivity contribution in [2.45, 2.75) is 20.0 Å². The van der Waals surface area contributed by atoms with Crippen molar-refractivity contribution in [2.24, 2.45) is 0 Å². The summed E-state index contributed by atoms with van der Waals surface area (Å²) in [4.78, 5) is 7.30. The van der Waals surface area contributed by atoms with Gasteiger partial charge in [-0.1, -0.05) is 12.1 Å². The van der Waals surface area contributed by atoms with E-state index in [1.807, 2.05) is 13.0 Å². The minimum Gasteiger partial charge on any atom is -0.345 e. The lowest BCUT2D eigenvalue weighted by Crippen LogP contribution is -2.13. The molecule has 0 fully saturated rings. The van der Waals surface area contributed by atoms with Crippen LogP contribution >= 0.6 is 0 Å². The predicted octanol–water partition coefficient (Wildman–Crippen LogP) is 2.15. The van der Waals surface area contributed by atoms with Gasteiger partial charge < -0.3 is 10.3 Å². The maximum absolute atomic E-state index is 12.9. The van der Waals surface area contributed by atoms with Crippen LogP contribution in [0, 0.1) is 12.7 Å². The Hall–Kier alpha value is -1.68. The molecule has 1 aromatic heterocycles. The van der Waals surface area contributed by atoms with Gasteiger partial charge in [0.2, 0.25) is 0 Å². The first kappa shape index (κ1) is 10.8. The Bertz CT molecular complexity index is 465. The SMILES string of the molecule is Cc1cnc(CNCc2cccc(F)c2)[nH]1. The molecule has 1 aromatic carbocycles. The number of H-pyrrole nitrogens is 1. The topological polar surface area (TPSA) is 40.7 Å². The first-order valence-electron chi connectivity index (χ1n) is 5.20. The number of aryl methyl sites for hydroxylation is 1. The maximum atomic E-state index is 12.9. The second kappa shape index (κ2) is 4.90. The molecule has 0 amide bonds. The molecule has 4 heteroatoms. The fourth-order valence-corrected chi connectivity index (χ4v) is 1.53. The number of nitrogens with one attached hydrogen (secondary N) is 2. The molecule has 1 heterocycles. The van der Waals surface area contributed by atoms with Crippen molar-refractivity contribution in [3.63, 3.8) is 0 Å². The third-order valence-corrected chi connectivity index (χ3v) is 2.27. The second-order valence-corrected chi connectivity index (χ2v) is 3.75. The van der Waals surface area contributed by atoms with Gasteiger partial charge in [-0.05, 0) is 24.6 Å². The largest absolute Gasteiger partial charge is 0.345 e. The molecule has 2 rings (SSSR count). The first-order valence-corrected chi connectivity index (χ1v) is 5.20. The van der Waals surface area contributed by atoms with E-state index < -0.39 is 0 Å². The van der Waals surface area contributed by atoms with Gasteiger partial charge in [0.15, 0.2) is 0 Å². The van der Waals surface area contributed by atoms with Crippen LogP contribution in [0.15, 0.2) is 30.5 Å². The summed E-state index contributed by atoms with van der Waals surface area (Å²) in [5.74, 6) is 0.696. The number of imidazole rings is 1. The van der Waals surface area contributed by atoms with Crippen molar-refractivity contribution in [2.75, 3.05) is 0 Å². The van der Waals surface area contributed by atoms with Crippen LogP contribution in [-0.2, 0) is 13.1 Å². The van der Waals surface area contributed by atoms with Crippen molar-refractivity contribution in [3.8, 4) is 0 Å². The Morgan fingerprint density at radius 1 is 1.38 bits per heavy atom. The molecule has 3 nitrogen and oxygen atoms in total. The summed E-state index contributed by atoms with van der Waals surface area (Å²) in [6.45, 7) is 3.25. The van der Waals surface area contributed by atoms with Crippen LogP contribution in [0.3, 0.4) is 0 Å². The summed E-state index contributed by atoms with van der Waals surface area (Å²) in [6, 6.07) is 6.58. The molecule has 0 aliphatic heterocycles. The minimum atomic E-state index is -0.201. The molecule has 0 spiro atoms. The molecule has 0 radical (unpaired) electrons. The molecule has 2 N–H and O–H groups in total. The summed E-state index contributed by atoms with van der Waals surface area (Å²) in [5, 5.41) is 3.20. The zero-order valence-electron chi connectivity index (χ0n) is 9.13. The first-order chi connectivity index (χ1) is 7.74. The maximum Gasteiger partial charge on any atom is 0.123 e. The van der Waals surface area contributed by atoms with Gasteiger partial charge in [0, 0.05) is 18.4 Å². The second-order valence-electron chi connectivity index (χ2n) is 3.75. The number of hydrogen-bond acceptors (Lipinski definition) is 2. The van der Waals surface area contributed by atoms with Crippen LogP contribution in [0.5, 0.6) is 0 Å². The van der Waals surface area contributed by atoms with E-state index in [0.29, 0.717) is 13.1 Å². The molecule has 2 aromatic rings. The van der Waals surface area contributed by atoms with E-state index in [1.165, 1.54) is 12.1 Å². The highest BCUT2D eigenvalue weighted by Crippen LogP contribution is 2.03. The van der Waals surface area contributed by atoms with Crippen LogP contribution in [0.2, 0.25) is 0 Å². The molecule has 84 valence electrons. The van der Waals surface area contributed by atoms with Gasteiger partial charge in [-0.15, -0.1) is 0 Å². The number of aromatic amines is 1. The lowest BCUT2D eigenvalue weighted by atomic mass is 10.2. The molecule has 16 heavy (non-hydrogen) atoms. The minimum absolute atomic E-state index is 0.201. The van der Waals surface area contributed by atoms with Gasteiger partial charge in [0.25, 0.3) is 0 Å². The van der Waals surface area contributed by atoms with E-state index >= 15 is 0 Å². The lowest BCUT2D eigenvalue weighted by Gasteiger charge is -2.02. The third-order valence-electron chi connectivity index (χ3n) is 2.27. The molecule has 0 unspecified atom stereocenters. The Morgan fingerprint density at radius 2 is 2.25 bits per heavy atom. The monoisotopic (exact) mass is 219 g/mol. The molecule has 0 saturated carbocycles. The summed E-state index contributed by atoms with van der Waals surface area (Å²) in [7, 11) is 0. The van der Waals surface area contributed by atoms with Gasteiger partial charge >= 0.3 is 0 Å². The number of hydrogen-bond donors (Lipinski definition) is 2. The van der Waals surface area contributed by atoms with Crippen molar-refractivity contribution < 1.29 is 4.39 Å². The van der Waals surface area contributed by atoms with Gasteiger partial charge in [-0.25, -0.2) is 9.37 Å². The number of benzene rings is 1. The quantitative estimate of drug-likeness (QED) is 0.827. The predicted molar refractivity (Wildman–Crippen MR) is 60.3 cm³/mol. The van der Waals surface area contributed by atoms with E-state index in [0.717, 1.165) is 17.1 Å². The van der Waals surface area contributed by atoms with Gasteiger partial charge in [0.05, 0.1) is 6.54 Å². The Kier molecular flexibility index (Phi) is 3.31. The van der Waals surface area contributed by atoms with Crippen LogP contribution in [-0.4, -0.2) is 9.97 Å². The standard InChI is InChI=1S/C12H14FN3/c1-9-6-15-12(16-9)8-14-7-10-3-2-4-11(13)5-10/h2-6,14H,7-8H2,1H3,(H,15,16). The fraction of sp³-hybridized carbons (Fsp3) is 0.250. The number of aromatic nitrogens is 2. The van der Waals surface area contributed by atoms with Crippen LogP contribution in [0.1, 0.15) is 17.1 Å². The fourth-order valence-electron chi connectivity index (χ4n) is 1.53. The number of halogens is 1. The molecule has 0 aliphatic carbocycles. The summed E-state index contributed by atoms with van der Waals surface area (Å²) in [6.07, 6.45) is 1.79. The van der Waals surface area contributed by atoms with Gasteiger partial charge in [0.1, 0.15) is 11.6 Å². The van der Waals surface area contributed by atoms with E-state index in [-0.39, 0.29) is 5.82 Å². The molecular weight excluding hydrogens is 205 g/mol. The highest BCUT2D eigenvalue weighted by molar-refractivity contribution is 5.16. The highest BCUT2D eigenvalue weighted by Gasteiger charge is 1.98. The lowest BCUT2D eigenvalue weighted by molar-refractivity contribution is 0.618. The van der Waals surface area contributed by atoms with Crippen molar-refractivity contribution in [3.05, 3.63) is 53.4 Å². The Labute approximate surface area is 93.7 Å². The number of rotatable bonds is 4. The Morgan fingerprint density at radius 3 is 2.94 bits per heavy atom. The molecule has 0 saturated heterocycles. The van der Waals surface area contributed by atoms with Gasteiger partial charge in [-0.2, -0.15) is 0 Å². The molecular formula is C12H14FN3. The smallest absolute Gasteiger partial charge is 0.123 e. The van der Waals surface area contributed by atoms with E-state index in [1.54, 1.807) is 12.3 Å². The van der Waals surface area contributed by atoms with E-state index in [2.05, 4.69) is 15.3 Å². The normalized spacial score (nSPS) is 10.6. The zero-order valence-corrected chi connectivity index (χ0v) is 9.13. The van der Waals surface area contributed by atoms with Crippen LogP contribution < -0.4 is 5.32 Å². The van der Waals surface area contributed by atoms with Crippen molar-refractivity contribution in [1.29, 1.82) is 0 Å². The van der Waals surface area contributed by atoms with Crippen molar-refractivity contribution in [1.82, 2.24) is 15.3 Å².